The van der Waals surface area contributed by atoms with Crippen LogP contribution in [0.3, 0.4) is 0 Å². The topological polar surface area (TPSA) is 66.4 Å². The lowest BCUT2D eigenvalue weighted by molar-refractivity contribution is 0.282. The maximum Gasteiger partial charge on any atom is 0.215 e. The van der Waals surface area contributed by atoms with Crippen LogP contribution in [0.2, 0.25) is 0 Å². The molecule has 2 N–H and O–H groups in total. The van der Waals surface area contributed by atoms with E-state index in [1.165, 1.54) is 0 Å². The van der Waals surface area contributed by atoms with E-state index in [4.69, 9.17) is 5.11 Å². The van der Waals surface area contributed by atoms with E-state index in [9.17, 15) is 8.42 Å². The minimum Gasteiger partial charge on any atom is -0.392 e. The van der Waals surface area contributed by atoms with Gasteiger partial charge in [-0.25, -0.2) is 13.1 Å². The number of aliphatic hydroxyl groups excluding tert-OH is 1. The van der Waals surface area contributed by atoms with Crippen molar-refractivity contribution in [2.45, 2.75) is 33.1 Å². The molecule has 0 aliphatic heterocycles. The lowest BCUT2D eigenvalue weighted by atomic mass is 9.98. The van der Waals surface area contributed by atoms with Crippen molar-refractivity contribution in [3.63, 3.8) is 0 Å². The van der Waals surface area contributed by atoms with Crippen LogP contribution in [0.25, 0.3) is 0 Å². The lowest BCUT2D eigenvalue weighted by Crippen LogP contribution is -2.33. The van der Waals surface area contributed by atoms with E-state index >= 15 is 0 Å². The second-order valence-electron chi connectivity index (χ2n) is 5.62. The maximum absolute atomic E-state index is 11.8. The Hall–Kier alpha value is -0.910. The first-order chi connectivity index (χ1) is 8.22. The van der Waals surface area contributed by atoms with Crippen molar-refractivity contribution in [2.24, 2.45) is 5.41 Å². The van der Waals surface area contributed by atoms with E-state index in [1.807, 2.05) is 20.8 Å². The Kier molecular flexibility index (Phi) is 4.90. The fraction of sp³-hybridized carbons (Fsp3) is 0.538. The summed E-state index contributed by atoms with van der Waals surface area (Å²) in [6.07, 6.45) is 0. The van der Waals surface area contributed by atoms with E-state index < -0.39 is 10.0 Å². The van der Waals surface area contributed by atoms with Crippen LogP contribution in [0.5, 0.6) is 0 Å². The molecule has 0 spiro atoms. The highest BCUT2D eigenvalue weighted by atomic mass is 32.2. The van der Waals surface area contributed by atoms with Gasteiger partial charge in [-0.15, -0.1) is 0 Å². The Bertz CT molecular complexity index is 472. The van der Waals surface area contributed by atoms with Gasteiger partial charge in [-0.1, -0.05) is 45.0 Å². The van der Waals surface area contributed by atoms with Crippen LogP contribution >= 0.6 is 0 Å². The quantitative estimate of drug-likeness (QED) is 0.855. The van der Waals surface area contributed by atoms with E-state index in [1.54, 1.807) is 24.3 Å². The largest absolute Gasteiger partial charge is 0.392 e. The van der Waals surface area contributed by atoms with Crippen LogP contribution in [0, 0.1) is 5.41 Å². The summed E-state index contributed by atoms with van der Waals surface area (Å²) >= 11 is 0. The number of rotatable bonds is 5. The third-order valence-corrected chi connectivity index (χ3v) is 3.68. The van der Waals surface area contributed by atoms with Crippen LogP contribution in [0.1, 0.15) is 31.9 Å². The number of aliphatic hydroxyl groups is 1. The monoisotopic (exact) mass is 271 g/mol. The molecule has 0 amide bonds. The van der Waals surface area contributed by atoms with E-state index in [0.717, 1.165) is 5.56 Å². The summed E-state index contributed by atoms with van der Waals surface area (Å²) in [7, 11) is -3.30. The molecule has 0 radical (unpaired) electrons. The van der Waals surface area contributed by atoms with Gasteiger partial charge in [0.15, 0.2) is 0 Å². The van der Waals surface area contributed by atoms with Crippen molar-refractivity contribution in [3.05, 3.63) is 35.4 Å². The lowest BCUT2D eigenvalue weighted by Gasteiger charge is -2.18. The summed E-state index contributed by atoms with van der Waals surface area (Å²) in [6, 6.07) is 6.91. The van der Waals surface area contributed by atoms with Gasteiger partial charge in [-0.05, 0) is 16.5 Å². The van der Waals surface area contributed by atoms with Gasteiger partial charge in [-0.2, -0.15) is 0 Å². The molecule has 0 saturated heterocycles. The van der Waals surface area contributed by atoms with Crippen LogP contribution in [0.4, 0.5) is 0 Å². The standard InChI is InChI=1S/C13H21NO3S/c1-13(2,3)10-14-18(16,17)9-12-6-4-11(8-15)5-7-12/h4-7,14-15H,8-10H2,1-3H3. The van der Waals surface area contributed by atoms with Crippen LogP contribution in [0.15, 0.2) is 24.3 Å². The van der Waals surface area contributed by atoms with Gasteiger partial charge >= 0.3 is 0 Å². The van der Waals surface area contributed by atoms with Crippen LogP contribution < -0.4 is 4.72 Å². The van der Waals surface area contributed by atoms with E-state index in [0.29, 0.717) is 12.1 Å². The van der Waals surface area contributed by atoms with Crippen molar-refractivity contribution >= 4 is 10.0 Å². The molecule has 0 heterocycles. The van der Waals surface area contributed by atoms with Crippen molar-refractivity contribution < 1.29 is 13.5 Å². The normalized spacial score (nSPS) is 12.7. The average Bonchev–Trinajstić information content (AvgIpc) is 2.26. The number of sulfonamides is 1. The molecule has 0 bridgehead atoms. The fourth-order valence-electron chi connectivity index (χ4n) is 1.34. The molecule has 102 valence electrons. The highest BCUT2D eigenvalue weighted by Gasteiger charge is 2.16. The van der Waals surface area contributed by atoms with Gasteiger partial charge in [0, 0.05) is 6.54 Å². The minimum atomic E-state index is -3.30. The van der Waals surface area contributed by atoms with Crippen molar-refractivity contribution in [3.8, 4) is 0 Å². The predicted octanol–water partition coefficient (Wildman–Crippen LogP) is 1.64. The summed E-state index contributed by atoms with van der Waals surface area (Å²) in [4.78, 5) is 0. The summed E-state index contributed by atoms with van der Waals surface area (Å²) in [5.74, 6) is -0.0329. The van der Waals surface area contributed by atoms with Crippen molar-refractivity contribution in [2.75, 3.05) is 6.54 Å². The Morgan fingerprint density at radius 1 is 1.11 bits per heavy atom. The average molecular weight is 271 g/mol. The molecule has 0 unspecified atom stereocenters. The molecule has 5 heteroatoms. The highest BCUT2D eigenvalue weighted by Crippen LogP contribution is 2.12. The minimum absolute atomic E-state index is 0.0324. The second kappa shape index (κ2) is 5.82. The molecule has 0 fully saturated rings. The molecule has 0 atom stereocenters. The fourth-order valence-corrected chi connectivity index (χ4v) is 2.72. The zero-order chi connectivity index (χ0) is 13.8. The van der Waals surface area contributed by atoms with Crippen molar-refractivity contribution in [1.29, 1.82) is 0 Å². The van der Waals surface area contributed by atoms with Gasteiger partial charge in [-0.3, -0.25) is 0 Å². The Balaban J connectivity index is 2.64. The summed E-state index contributed by atoms with van der Waals surface area (Å²) in [5.41, 5.74) is 1.42. The first-order valence-electron chi connectivity index (χ1n) is 5.88. The third kappa shape index (κ3) is 5.62. The Labute approximate surface area is 109 Å². The molecule has 0 aliphatic carbocycles. The summed E-state index contributed by atoms with van der Waals surface area (Å²) in [6.45, 7) is 6.32. The first-order valence-corrected chi connectivity index (χ1v) is 7.53. The Morgan fingerprint density at radius 2 is 1.61 bits per heavy atom. The molecular formula is C13H21NO3S. The molecule has 1 aromatic rings. The zero-order valence-electron chi connectivity index (χ0n) is 11.1. The Morgan fingerprint density at radius 3 is 2.06 bits per heavy atom. The SMILES string of the molecule is CC(C)(C)CNS(=O)(=O)Cc1ccc(CO)cc1. The molecule has 0 aromatic heterocycles. The predicted molar refractivity (Wildman–Crippen MR) is 72.4 cm³/mol. The van der Waals surface area contributed by atoms with Crippen LogP contribution in [-0.2, 0) is 22.4 Å². The number of benzene rings is 1. The first kappa shape index (κ1) is 15.1. The number of hydrogen-bond acceptors (Lipinski definition) is 3. The number of nitrogens with one attached hydrogen (secondary N) is 1. The summed E-state index contributed by atoms with van der Waals surface area (Å²) in [5, 5.41) is 8.90. The van der Waals surface area contributed by atoms with Crippen LogP contribution in [-0.4, -0.2) is 20.1 Å². The van der Waals surface area contributed by atoms with E-state index in [2.05, 4.69) is 4.72 Å². The molecule has 18 heavy (non-hydrogen) atoms. The molecule has 4 nitrogen and oxygen atoms in total. The van der Waals surface area contributed by atoms with Crippen molar-refractivity contribution in [1.82, 2.24) is 4.72 Å². The van der Waals surface area contributed by atoms with Gasteiger partial charge in [0.2, 0.25) is 10.0 Å². The number of hydrogen-bond donors (Lipinski definition) is 2. The van der Waals surface area contributed by atoms with Gasteiger partial charge in [0.1, 0.15) is 0 Å². The van der Waals surface area contributed by atoms with Gasteiger partial charge < -0.3 is 5.11 Å². The molecule has 1 aromatic carbocycles. The smallest absolute Gasteiger partial charge is 0.215 e. The highest BCUT2D eigenvalue weighted by molar-refractivity contribution is 7.88. The molecule has 0 saturated carbocycles. The molecule has 1 rings (SSSR count). The van der Waals surface area contributed by atoms with E-state index in [-0.39, 0.29) is 17.8 Å². The van der Waals surface area contributed by atoms with Gasteiger partial charge in [0.05, 0.1) is 12.4 Å². The molecular weight excluding hydrogens is 250 g/mol. The second-order valence-corrected chi connectivity index (χ2v) is 7.42. The van der Waals surface area contributed by atoms with Gasteiger partial charge in [0.25, 0.3) is 0 Å². The third-order valence-electron chi connectivity index (χ3n) is 2.38. The zero-order valence-corrected chi connectivity index (χ0v) is 11.9. The maximum atomic E-state index is 11.8. The summed E-state index contributed by atoms with van der Waals surface area (Å²) < 4.78 is 26.3. The molecule has 0 aliphatic rings.